The Morgan fingerprint density at radius 1 is 1.25 bits per heavy atom. The van der Waals surface area contributed by atoms with Crippen LogP contribution in [0.4, 0.5) is 11.4 Å². The number of anilines is 2. The van der Waals surface area contributed by atoms with Gasteiger partial charge in [0.15, 0.2) is 11.2 Å². The summed E-state index contributed by atoms with van der Waals surface area (Å²) in [5, 5.41) is 7.79. The zero-order chi connectivity index (χ0) is 19.9. The maximum absolute atomic E-state index is 12.5. The number of carbonyl (C=O) groups excluding carboxylic acids is 1. The van der Waals surface area contributed by atoms with Crippen LogP contribution >= 0.6 is 11.3 Å². The molecule has 3 aromatic rings. The Morgan fingerprint density at radius 2 is 2.07 bits per heavy atom. The normalized spacial score (nSPS) is 15.8. The first-order valence-corrected chi connectivity index (χ1v) is 10.3. The highest BCUT2D eigenvalue weighted by Crippen LogP contribution is 2.36. The van der Waals surface area contributed by atoms with E-state index in [0.29, 0.717) is 4.88 Å². The first kappa shape index (κ1) is 18.8. The van der Waals surface area contributed by atoms with Crippen LogP contribution in [0.5, 0.6) is 0 Å². The first-order chi connectivity index (χ1) is 13.3. The Balaban J connectivity index is 1.62. The molecule has 1 aliphatic rings. The van der Waals surface area contributed by atoms with E-state index in [-0.39, 0.29) is 12.3 Å². The molecule has 2 N–H and O–H groups in total. The van der Waals surface area contributed by atoms with Crippen molar-refractivity contribution in [1.29, 1.82) is 0 Å². The minimum atomic E-state index is -0.517. The zero-order valence-electron chi connectivity index (χ0n) is 15.9. The van der Waals surface area contributed by atoms with E-state index < -0.39 is 5.60 Å². The summed E-state index contributed by atoms with van der Waals surface area (Å²) in [4.78, 5) is 18.6. The molecular weight excluding hydrogens is 390 g/mol. The van der Waals surface area contributed by atoms with Gasteiger partial charge in [-0.25, -0.2) is 9.79 Å². The minimum absolute atomic E-state index is 0.295. The van der Waals surface area contributed by atoms with E-state index >= 15 is 0 Å². The number of hydrogen-bond acceptors (Lipinski definition) is 6. The molecule has 2 heterocycles. The van der Waals surface area contributed by atoms with Gasteiger partial charge in [0.25, 0.3) is 0 Å². The second-order valence-electron chi connectivity index (χ2n) is 7.60. The van der Waals surface area contributed by atoms with Crippen molar-refractivity contribution in [2.24, 2.45) is 4.99 Å². The maximum Gasteiger partial charge on any atom is 0.348 e. The molecule has 0 radical (unpaired) electrons. The van der Waals surface area contributed by atoms with Gasteiger partial charge in [0.1, 0.15) is 10.5 Å². The van der Waals surface area contributed by atoms with E-state index in [9.17, 15) is 4.79 Å². The molecule has 0 aliphatic carbocycles. The number of hydrogen-bond donors (Lipinski definition) is 2. The van der Waals surface area contributed by atoms with Crippen LogP contribution in [0.2, 0.25) is 0 Å². The number of ether oxygens (including phenoxy) is 1. The summed E-state index contributed by atoms with van der Waals surface area (Å²) >= 11 is 4.97. The van der Waals surface area contributed by atoms with Crippen LogP contribution in [0.15, 0.2) is 52.4 Å². The summed E-state index contributed by atoms with van der Waals surface area (Å²) in [5.74, 6) is -0.296. The van der Waals surface area contributed by atoms with Crippen molar-refractivity contribution in [3.05, 3.63) is 52.9 Å². The van der Waals surface area contributed by atoms with E-state index in [1.165, 1.54) is 11.3 Å². The number of carbonyl (C=O) groups is 1. The zero-order valence-corrected chi connectivity index (χ0v) is 17.7. The molecule has 1 unspecified atom stereocenters. The number of nitrogens with zero attached hydrogens (tertiary/aromatic N) is 1. The largest absolute Gasteiger partial charge is 0.456 e. The van der Waals surface area contributed by atoms with Crippen LogP contribution in [-0.2, 0) is 17.4 Å². The summed E-state index contributed by atoms with van der Waals surface area (Å²) in [6.45, 7) is 5.61. The second kappa shape index (κ2) is 7.14. The van der Waals surface area contributed by atoms with Gasteiger partial charge in [0, 0.05) is 33.6 Å². The molecule has 0 fully saturated rings. The first-order valence-electron chi connectivity index (χ1n) is 8.96. The molecule has 1 atom stereocenters. The molecule has 4 rings (SSSR count). The lowest BCUT2D eigenvalue weighted by Crippen LogP contribution is -2.29. The average molecular weight is 413 g/mol. The molecule has 28 heavy (non-hydrogen) atoms. The SMILES string of the molecule is CC(C)(C)OC(=O)c1cc2c3c(ccc2s1)C=NC(Nc1cccc([SH2+])c1)N3. The fourth-order valence-corrected chi connectivity index (χ4v) is 4.19. The van der Waals surface area contributed by atoms with Crippen molar-refractivity contribution in [1.82, 2.24) is 0 Å². The molecule has 7 heteroatoms. The van der Waals surface area contributed by atoms with Gasteiger partial charge in [0.05, 0.1) is 5.69 Å². The fourth-order valence-electron chi connectivity index (χ4n) is 3.00. The molecule has 5 nitrogen and oxygen atoms in total. The van der Waals surface area contributed by atoms with E-state index in [4.69, 9.17) is 4.74 Å². The number of esters is 1. The third kappa shape index (κ3) is 4.00. The highest BCUT2D eigenvalue weighted by atomic mass is 32.1. The fraction of sp³-hybridized carbons (Fsp3) is 0.238. The van der Waals surface area contributed by atoms with Gasteiger partial charge in [-0.05, 0) is 63.7 Å². The molecule has 0 spiro atoms. The summed E-state index contributed by atoms with van der Waals surface area (Å²) in [7, 11) is 0. The van der Waals surface area contributed by atoms with Crippen molar-refractivity contribution in [3.63, 3.8) is 0 Å². The van der Waals surface area contributed by atoms with Crippen molar-refractivity contribution >= 4 is 57.6 Å². The number of thiophene rings is 1. The standard InChI is InChI=1S/C21H21N3O2S2/c1-21(2,3)26-19(25)17-10-15-16(28-17)8-7-12-11-22-20(24-18(12)15)23-13-5-4-6-14(27)9-13/h4-11,20,23-24,27H,1-3H3/p+1. The van der Waals surface area contributed by atoms with Gasteiger partial charge in [-0.15, -0.1) is 11.3 Å². The Kier molecular flexibility index (Phi) is 4.81. The van der Waals surface area contributed by atoms with Crippen molar-refractivity contribution in [3.8, 4) is 0 Å². The van der Waals surface area contributed by atoms with Gasteiger partial charge < -0.3 is 15.4 Å². The van der Waals surface area contributed by atoms with Gasteiger partial charge in [-0.3, -0.25) is 0 Å². The lowest BCUT2D eigenvalue weighted by molar-refractivity contribution is 0.00753. The van der Waals surface area contributed by atoms with E-state index in [1.807, 2.05) is 69.5 Å². The van der Waals surface area contributed by atoms with Gasteiger partial charge >= 0.3 is 5.97 Å². The van der Waals surface area contributed by atoms with Crippen molar-refractivity contribution in [2.45, 2.75) is 37.6 Å². The number of benzene rings is 2. The Bertz CT molecular complexity index is 1080. The lowest BCUT2D eigenvalue weighted by Gasteiger charge is -2.24. The molecule has 0 bridgehead atoms. The van der Waals surface area contributed by atoms with E-state index in [1.54, 1.807) is 0 Å². The number of nitrogens with one attached hydrogen (secondary N) is 2. The highest BCUT2D eigenvalue weighted by Gasteiger charge is 2.22. The summed E-state index contributed by atoms with van der Waals surface area (Å²) in [6.07, 6.45) is 1.56. The Hall–Kier alpha value is -2.51. The molecule has 0 saturated carbocycles. The Morgan fingerprint density at radius 3 is 2.82 bits per heavy atom. The smallest absolute Gasteiger partial charge is 0.348 e. The highest BCUT2D eigenvalue weighted by molar-refractivity contribution is 7.58. The number of aliphatic imine (C=N–C) groups is 1. The van der Waals surface area contributed by atoms with E-state index in [2.05, 4.69) is 28.3 Å². The van der Waals surface area contributed by atoms with Crippen molar-refractivity contribution < 1.29 is 9.53 Å². The predicted molar refractivity (Wildman–Crippen MR) is 120 cm³/mol. The third-order valence-corrected chi connectivity index (χ3v) is 5.53. The van der Waals surface area contributed by atoms with Crippen LogP contribution in [0, 0.1) is 0 Å². The predicted octanol–water partition coefficient (Wildman–Crippen LogP) is 4.47. The van der Waals surface area contributed by atoms with Gasteiger partial charge in [-0.1, -0.05) is 6.07 Å². The maximum atomic E-state index is 12.5. The molecule has 1 aromatic heterocycles. The molecular formula is C21H22N3O2S2+. The average Bonchev–Trinajstić information content (AvgIpc) is 3.05. The van der Waals surface area contributed by atoms with Crippen LogP contribution in [0.25, 0.3) is 10.1 Å². The third-order valence-electron chi connectivity index (χ3n) is 4.14. The van der Waals surface area contributed by atoms with Gasteiger partial charge in [0.2, 0.25) is 0 Å². The molecule has 0 saturated heterocycles. The molecule has 2 aromatic carbocycles. The molecule has 0 amide bonds. The van der Waals surface area contributed by atoms with Crippen LogP contribution in [0.1, 0.15) is 36.0 Å². The second-order valence-corrected chi connectivity index (χ2v) is 9.27. The molecule has 1 aliphatic heterocycles. The molecule has 144 valence electrons. The van der Waals surface area contributed by atoms with Crippen LogP contribution < -0.4 is 10.6 Å². The van der Waals surface area contributed by atoms with Crippen LogP contribution in [0.3, 0.4) is 0 Å². The van der Waals surface area contributed by atoms with E-state index in [0.717, 1.165) is 31.9 Å². The van der Waals surface area contributed by atoms with Crippen LogP contribution in [-0.4, -0.2) is 24.1 Å². The topological polar surface area (TPSA) is 62.7 Å². The summed E-state index contributed by atoms with van der Waals surface area (Å²) < 4.78 is 6.55. The quantitative estimate of drug-likeness (QED) is 0.492. The summed E-state index contributed by atoms with van der Waals surface area (Å²) in [5.41, 5.74) is 2.40. The Labute approximate surface area is 173 Å². The van der Waals surface area contributed by atoms with Crippen molar-refractivity contribution in [2.75, 3.05) is 10.6 Å². The minimum Gasteiger partial charge on any atom is -0.456 e. The number of rotatable bonds is 3. The summed E-state index contributed by atoms with van der Waals surface area (Å²) in [6, 6.07) is 13.9. The monoisotopic (exact) mass is 412 g/mol. The van der Waals surface area contributed by atoms with Gasteiger partial charge in [-0.2, -0.15) is 0 Å². The lowest BCUT2D eigenvalue weighted by atomic mass is 10.1. The number of fused-ring (bicyclic) bond motifs is 3.